The van der Waals surface area contributed by atoms with E-state index in [2.05, 4.69) is 0 Å². The van der Waals surface area contributed by atoms with E-state index in [0.29, 0.717) is 12.3 Å². The van der Waals surface area contributed by atoms with Gasteiger partial charge in [-0.3, -0.25) is 4.79 Å². The summed E-state index contributed by atoms with van der Waals surface area (Å²) < 4.78 is 0. The molecule has 0 spiro atoms. The van der Waals surface area contributed by atoms with Gasteiger partial charge in [0.2, 0.25) is 0 Å². The van der Waals surface area contributed by atoms with Gasteiger partial charge in [0.05, 0.1) is 0 Å². The Morgan fingerprint density at radius 2 is 2.08 bits per heavy atom. The fourth-order valence-corrected chi connectivity index (χ4v) is 1.47. The molecule has 1 atom stereocenters. The van der Waals surface area contributed by atoms with Crippen LogP contribution in [-0.2, 0) is 4.79 Å². The smallest absolute Gasteiger partial charge is 0.161 e. The van der Waals surface area contributed by atoms with E-state index in [4.69, 9.17) is 0 Å². The van der Waals surface area contributed by atoms with E-state index in [-0.39, 0.29) is 11.7 Å². The van der Waals surface area contributed by atoms with Crippen LogP contribution in [0.25, 0.3) is 0 Å². The van der Waals surface area contributed by atoms with E-state index >= 15 is 0 Å². The summed E-state index contributed by atoms with van der Waals surface area (Å²) in [5.74, 6) is 0.679. The van der Waals surface area contributed by atoms with E-state index < -0.39 is 6.10 Å². The molecule has 12 heavy (non-hydrogen) atoms. The van der Waals surface area contributed by atoms with Gasteiger partial charge in [0.15, 0.2) is 5.78 Å². The Balaban J connectivity index is 2.26. The summed E-state index contributed by atoms with van der Waals surface area (Å²) in [4.78, 5) is 11.3. The Labute approximate surface area is 74.0 Å². The number of rotatable bonds is 4. The summed E-state index contributed by atoms with van der Waals surface area (Å²) in [7, 11) is 0. The number of aliphatic hydroxyl groups is 1. The molecule has 0 amide bonds. The number of aliphatic hydroxyl groups excluding tert-OH is 1. The van der Waals surface area contributed by atoms with Crippen LogP contribution >= 0.6 is 0 Å². The normalized spacial score (nSPS) is 20.7. The maximum absolute atomic E-state index is 11.3. The minimum atomic E-state index is -0.731. The fourth-order valence-electron chi connectivity index (χ4n) is 1.47. The Bertz CT molecular complexity index is 159. The van der Waals surface area contributed by atoms with Crippen LogP contribution in [0.5, 0.6) is 0 Å². The molecule has 0 heterocycles. The van der Waals surface area contributed by atoms with Gasteiger partial charge in [-0.2, -0.15) is 0 Å². The summed E-state index contributed by atoms with van der Waals surface area (Å²) in [6.45, 7) is 3.76. The standard InChI is InChI=1S/C10H18O2/c1-7(2)10(12)9(11)6-8-4-3-5-8/h7-8,10,12H,3-6H2,1-2H3. The molecule has 0 aliphatic heterocycles. The van der Waals surface area contributed by atoms with Crippen LogP contribution in [0.15, 0.2) is 0 Å². The van der Waals surface area contributed by atoms with Crippen molar-refractivity contribution in [1.29, 1.82) is 0 Å². The molecule has 0 aromatic carbocycles. The third-order valence-electron chi connectivity index (χ3n) is 2.68. The molecule has 0 aromatic rings. The van der Waals surface area contributed by atoms with Gasteiger partial charge in [0.1, 0.15) is 6.10 Å². The Kier molecular flexibility index (Phi) is 3.27. The van der Waals surface area contributed by atoms with E-state index in [1.807, 2.05) is 13.8 Å². The Hall–Kier alpha value is -0.370. The lowest BCUT2D eigenvalue weighted by molar-refractivity contribution is -0.130. The lowest BCUT2D eigenvalue weighted by Gasteiger charge is -2.26. The second kappa shape index (κ2) is 4.04. The van der Waals surface area contributed by atoms with E-state index in [1.54, 1.807) is 0 Å². The first-order chi connectivity index (χ1) is 5.61. The van der Waals surface area contributed by atoms with Crippen LogP contribution in [0.3, 0.4) is 0 Å². The number of carbonyl (C=O) groups excluding carboxylic acids is 1. The number of Topliss-reactive ketones (excluding diaryl/α,β-unsaturated/α-hetero) is 1. The van der Waals surface area contributed by atoms with Gasteiger partial charge in [-0.05, 0) is 11.8 Å². The van der Waals surface area contributed by atoms with Gasteiger partial charge in [0.25, 0.3) is 0 Å². The zero-order valence-corrected chi connectivity index (χ0v) is 7.92. The maximum Gasteiger partial charge on any atom is 0.161 e. The molecular weight excluding hydrogens is 152 g/mol. The van der Waals surface area contributed by atoms with Crippen molar-refractivity contribution in [2.24, 2.45) is 11.8 Å². The van der Waals surface area contributed by atoms with E-state index in [9.17, 15) is 9.90 Å². The summed E-state index contributed by atoms with van der Waals surface area (Å²) in [6, 6.07) is 0. The molecule has 0 saturated heterocycles. The van der Waals surface area contributed by atoms with E-state index in [1.165, 1.54) is 19.3 Å². The molecule has 1 aliphatic carbocycles. The minimum absolute atomic E-state index is 0.0368. The van der Waals surface area contributed by atoms with Crippen molar-refractivity contribution >= 4 is 5.78 Å². The first-order valence-electron chi connectivity index (χ1n) is 4.82. The first-order valence-corrected chi connectivity index (χ1v) is 4.82. The highest BCUT2D eigenvalue weighted by atomic mass is 16.3. The molecule has 1 aliphatic rings. The van der Waals surface area contributed by atoms with Crippen molar-refractivity contribution < 1.29 is 9.90 Å². The molecule has 0 aromatic heterocycles. The molecule has 1 N–H and O–H groups in total. The third-order valence-corrected chi connectivity index (χ3v) is 2.68. The van der Waals surface area contributed by atoms with Crippen molar-refractivity contribution in [2.75, 3.05) is 0 Å². The van der Waals surface area contributed by atoms with Crippen molar-refractivity contribution in [3.8, 4) is 0 Å². The van der Waals surface area contributed by atoms with E-state index in [0.717, 1.165) is 0 Å². The third kappa shape index (κ3) is 2.31. The number of hydrogen-bond donors (Lipinski definition) is 1. The van der Waals surface area contributed by atoms with Gasteiger partial charge in [0, 0.05) is 6.42 Å². The summed E-state index contributed by atoms with van der Waals surface area (Å²) in [5, 5.41) is 9.41. The van der Waals surface area contributed by atoms with Crippen molar-refractivity contribution in [3.63, 3.8) is 0 Å². The van der Waals surface area contributed by atoms with Crippen LogP contribution in [0.4, 0.5) is 0 Å². The van der Waals surface area contributed by atoms with Crippen LogP contribution in [0.1, 0.15) is 39.5 Å². The number of carbonyl (C=O) groups is 1. The van der Waals surface area contributed by atoms with Crippen molar-refractivity contribution in [2.45, 2.75) is 45.6 Å². The van der Waals surface area contributed by atoms with Crippen LogP contribution in [-0.4, -0.2) is 17.0 Å². The highest BCUT2D eigenvalue weighted by molar-refractivity contribution is 5.83. The minimum Gasteiger partial charge on any atom is -0.385 e. The predicted molar refractivity (Wildman–Crippen MR) is 47.8 cm³/mol. The van der Waals surface area contributed by atoms with Gasteiger partial charge in [-0.15, -0.1) is 0 Å². The second-order valence-corrected chi connectivity index (χ2v) is 4.16. The van der Waals surface area contributed by atoms with Crippen molar-refractivity contribution in [1.82, 2.24) is 0 Å². The molecule has 0 radical (unpaired) electrons. The van der Waals surface area contributed by atoms with Crippen LogP contribution < -0.4 is 0 Å². The number of ketones is 1. The zero-order valence-electron chi connectivity index (χ0n) is 7.92. The highest BCUT2D eigenvalue weighted by Gasteiger charge is 2.25. The Morgan fingerprint density at radius 3 is 2.42 bits per heavy atom. The van der Waals surface area contributed by atoms with Gasteiger partial charge in [-0.25, -0.2) is 0 Å². The average Bonchev–Trinajstić information content (AvgIpc) is 1.94. The SMILES string of the molecule is CC(C)C(O)C(=O)CC1CCC1. The lowest BCUT2D eigenvalue weighted by Crippen LogP contribution is -2.29. The quantitative estimate of drug-likeness (QED) is 0.698. The first kappa shape index (κ1) is 9.72. The lowest BCUT2D eigenvalue weighted by atomic mass is 9.80. The van der Waals surface area contributed by atoms with Gasteiger partial charge >= 0.3 is 0 Å². The summed E-state index contributed by atoms with van der Waals surface area (Å²) in [6.07, 6.45) is 3.48. The molecule has 1 saturated carbocycles. The second-order valence-electron chi connectivity index (χ2n) is 4.16. The molecule has 1 unspecified atom stereocenters. The molecule has 1 fully saturated rings. The van der Waals surface area contributed by atoms with Gasteiger partial charge in [-0.1, -0.05) is 33.1 Å². The average molecular weight is 170 g/mol. The number of hydrogen-bond acceptors (Lipinski definition) is 2. The molecular formula is C10H18O2. The molecule has 0 bridgehead atoms. The van der Waals surface area contributed by atoms with Crippen LogP contribution in [0, 0.1) is 11.8 Å². The van der Waals surface area contributed by atoms with Gasteiger partial charge < -0.3 is 5.11 Å². The molecule has 1 rings (SSSR count). The molecule has 2 nitrogen and oxygen atoms in total. The summed E-state index contributed by atoms with van der Waals surface area (Å²) in [5.41, 5.74) is 0. The molecule has 2 heteroatoms. The fraction of sp³-hybridized carbons (Fsp3) is 0.900. The monoisotopic (exact) mass is 170 g/mol. The van der Waals surface area contributed by atoms with Crippen molar-refractivity contribution in [3.05, 3.63) is 0 Å². The topological polar surface area (TPSA) is 37.3 Å². The summed E-state index contributed by atoms with van der Waals surface area (Å²) >= 11 is 0. The Morgan fingerprint density at radius 1 is 1.50 bits per heavy atom. The predicted octanol–water partition coefficient (Wildman–Crippen LogP) is 1.76. The zero-order chi connectivity index (χ0) is 9.14. The highest BCUT2D eigenvalue weighted by Crippen LogP contribution is 2.30. The molecule has 70 valence electrons. The van der Waals surface area contributed by atoms with Crippen LogP contribution in [0.2, 0.25) is 0 Å². The maximum atomic E-state index is 11.3. The largest absolute Gasteiger partial charge is 0.385 e.